The first kappa shape index (κ1) is 20.3. The Morgan fingerprint density at radius 2 is 1.34 bits per heavy atom. The van der Waals surface area contributed by atoms with Crippen molar-refractivity contribution in [1.82, 2.24) is 10.8 Å². The number of hydroxylamine groups is 1. The molecular formula is C24H24N2O3. The fraction of sp³-hybridized carbons (Fsp3) is 0.167. The van der Waals surface area contributed by atoms with Crippen LogP contribution in [0.2, 0.25) is 0 Å². The summed E-state index contributed by atoms with van der Waals surface area (Å²) in [5, 5.41) is 11.8. The molecule has 3 aromatic rings. The van der Waals surface area contributed by atoms with Gasteiger partial charge in [0.1, 0.15) is 0 Å². The lowest BCUT2D eigenvalue weighted by Crippen LogP contribution is -2.28. The number of benzene rings is 3. The van der Waals surface area contributed by atoms with E-state index < -0.39 is 5.91 Å². The van der Waals surface area contributed by atoms with Crippen LogP contribution in [0.5, 0.6) is 0 Å². The van der Waals surface area contributed by atoms with Gasteiger partial charge in [-0.2, -0.15) is 0 Å². The first-order valence-electron chi connectivity index (χ1n) is 9.63. The summed E-state index contributed by atoms with van der Waals surface area (Å²) >= 11 is 0. The molecule has 0 heterocycles. The molecule has 0 aliphatic rings. The van der Waals surface area contributed by atoms with Crippen LogP contribution in [0.4, 0.5) is 0 Å². The zero-order valence-electron chi connectivity index (χ0n) is 16.3. The molecule has 3 rings (SSSR count). The second-order valence-corrected chi connectivity index (χ2v) is 6.82. The van der Waals surface area contributed by atoms with Gasteiger partial charge in [-0.25, -0.2) is 5.48 Å². The molecule has 5 heteroatoms. The number of carbonyl (C=O) groups excluding carboxylic acids is 2. The molecule has 0 saturated carbocycles. The minimum Gasteiger partial charge on any atom is -0.345 e. The van der Waals surface area contributed by atoms with E-state index in [1.54, 1.807) is 29.7 Å². The molecule has 0 spiro atoms. The van der Waals surface area contributed by atoms with E-state index in [1.807, 2.05) is 54.6 Å². The van der Waals surface area contributed by atoms with Gasteiger partial charge in [0.15, 0.2) is 0 Å². The van der Waals surface area contributed by atoms with Crippen molar-refractivity contribution in [3.05, 3.63) is 95.6 Å². The van der Waals surface area contributed by atoms with E-state index in [0.717, 1.165) is 29.5 Å². The van der Waals surface area contributed by atoms with Gasteiger partial charge in [0.05, 0.1) is 6.04 Å². The van der Waals surface area contributed by atoms with Gasteiger partial charge in [0, 0.05) is 11.1 Å². The molecule has 0 fully saturated rings. The van der Waals surface area contributed by atoms with Crippen molar-refractivity contribution >= 4 is 11.8 Å². The van der Waals surface area contributed by atoms with E-state index in [-0.39, 0.29) is 11.9 Å². The van der Waals surface area contributed by atoms with E-state index in [4.69, 9.17) is 5.21 Å². The molecule has 0 unspecified atom stereocenters. The molecule has 0 aliphatic carbocycles. The number of carbonyl (C=O) groups is 2. The standard InChI is InChI=1S/C24H24N2O3/c1-2-6-22(19-11-15-21(16-12-19)24(28)26-29)25-23(27)20-13-9-18(10-14-20)17-7-4-3-5-8-17/h3-5,7-16,22,29H,2,6H2,1H3,(H,25,27)(H,26,28)/t22-/m1/s1. The molecule has 148 valence electrons. The highest BCUT2D eigenvalue weighted by atomic mass is 16.5. The van der Waals surface area contributed by atoms with Gasteiger partial charge in [-0.1, -0.05) is 67.9 Å². The topological polar surface area (TPSA) is 78.4 Å². The summed E-state index contributed by atoms with van der Waals surface area (Å²) in [5.41, 5.74) is 5.65. The Bertz CT molecular complexity index is 952. The average molecular weight is 388 g/mol. The Balaban J connectivity index is 1.73. The van der Waals surface area contributed by atoms with Gasteiger partial charge >= 0.3 is 0 Å². The lowest BCUT2D eigenvalue weighted by atomic mass is 9.99. The highest BCUT2D eigenvalue weighted by Gasteiger charge is 2.16. The molecule has 29 heavy (non-hydrogen) atoms. The number of amides is 2. The van der Waals surface area contributed by atoms with Gasteiger partial charge in [-0.3, -0.25) is 14.8 Å². The fourth-order valence-electron chi connectivity index (χ4n) is 3.23. The van der Waals surface area contributed by atoms with Crippen molar-refractivity contribution in [2.75, 3.05) is 0 Å². The predicted molar refractivity (Wildman–Crippen MR) is 113 cm³/mol. The molecule has 0 aliphatic heterocycles. The van der Waals surface area contributed by atoms with E-state index in [9.17, 15) is 9.59 Å². The van der Waals surface area contributed by atoms with Crippen LogP contribution in [-0.2, 0) is 0 Å². The summed E-state index contributed by atoms with van der Waals surface area (Å²) in [6, 6.07) is 24.3. The van der Waals surface area contributed by atoms with Gasteiger partial charge in [-0.15, -0.1) is 0 Å². The zero-order valence-corrected chi connectivity index (χ0v) is 16.3. The summed E-state index contributed by atoms with van der Waals surface area (Å²) in [4.78, 5) is 24.2. The van der Waals surface area contributed by atoms with Gasteiger partial charge in [-0.05, 0) is 47.4 Å². The monoisotopic (exact) mass is 388 g/mol. The third kappa shape index (κ3) is 5.09. The first-order chi connectivity index (χ1) is 14.1. The molecule has 1 atom stereocenters. The van der Waals surface area contributed by atoms with Gasteiger partial charge in [0.25, 0.3) is 11.8 Å². The van der Waals surface area contributed by atoms with Gasteiger partial charge in [0.2, 0.25) is 0 Å². The van der Waals surface area contributed by atoms with Crippen molar-refractivity contribution in [2.45, 2.75) is 25.8 Å². The fourth-order valence-corrected chi connectivity index (χ4v) is 3.23. The number of hydrogen-bond donors (Lipinski definition) is 3. The number of rotatable bonds is 7. The minimum absolute atomic E-state index is 0.139. The first-order valence-corrected chi connectivity index (χ1v) is 9.63. The van der Waals surface area contributed by atoms with E-state index >= 15 is 0 Å². The molecule has 3 N–H and O–H groups in total. The van der Waals surface area contributed by atoms with Crippen LogP contribution in [0.1, 0.15) is 52.1 Å². The molecule has 0 aromatic heterocycles. The van der Waals surface area contributed by atoms with E-state index in [2.05, 4.69) is 12.2 Å². The second kappa shape index (κ2) is 9.66. The Morgan fingerprint density at radius 1 is 0.793 bits per heavy atom. The molecule has 2 amide bonds. The summed E-state index contributed by atoms with van der Waals surface area (Å²) in [6.45, 7) is 2.06. The van der Waals surface area contributed by atoms with Crippen LogP contribution in [0.3, 0.4) is 0 Å². The van der Waals surface area contributed by atoms with Crippen molar-refractivity contribution in [2.24, 2.45) is 0 Å². The van der Waals surface area contributed by atoms with Crippen molar-refractivity contribution in [1.29, 1.82) is 0 Å². The van der Waals surface area contributed by atoms with Crippen LogP contribution in [-0.4, -0.2) is 17.0 Å². The third-order valence-electron chi connectivity index (χ3n) is 4.81. The lowest BCUT2D eigenvalue weighted by Gasteiger charge is -2.19. The van der Waals surface area contributed by atoms with Gasteiger partial charge < -0.3 is 5.32 Å². The summed E-state index contributed by atoms with van der Waals surface area (Å²) in [7, 11) is 0. The van der Waals surface area contributed by atoms with Crippen molar-refractivity contribution in [3.63, 3.8) is 0 Å². The van der Waals surface area contributed by atoms with Crippen LogP contribution in [0, 0.1) is 0 Å². The normalized spacial score (nSPS) is 11.5. The molecule has 3 aromatic carbocycles. The predicted octanol–water partition coefficient (Wildman–Crippen LogP) is 4.74. The largest absolute Gasteiger partial charge is 0.345 e. The quantitative estimate of drug-likeness (QED) is 0.404. The van der Waals surface area contributed by atoms with Crippen molar-refractivity contribution in [3.8, 4) is 11.1 Å². The molecule has 0 bridgehead atoms. The van der Waals surface area contributed by atoms with Crippen LogP contribution >= 0.6 is 0 Å². The van der Waals surface area contributed by atoms with E-state index in [1.165, 1.54) is 0 Å². The van der Waals surface area contributed by atoms with E-state index in [0.29, 0.717) is 11.1 Å². The number of hydrogen-bond acceptors (Lipinski definition) is 3. The lowest BCUT2D eigenvalue weighted by molar-refractivity contribution is 0.0706. The maximum absolute atomic E-state index is 12.8. The Hall–Kier alpha value is -3.44. The highest BCUT2D eigenvalue weighted by Crippen LogP contribution is 2.22. The smallest absolute Gasteiger partial charge is 0.274 e. The van der Waals surface area contributed by atoms with Crippen molar-refractivity contribution < 1.29 is 14.8 Å². The molecular weight excluding hydrogens is 364 g/mol. The maximum Gasteiger partial charge on any atom is 0.274 e. The Labute approximate surface area is 170 Å². The SMILES string of the molecule is CCC[C@@H](NC(=O)c1ccc(-c2ccccc2)cc1)c1ccc(C(=O)NO)cc1. The van der Waals surface area contributed by atoms with Crippen LogP contribution in [0.15, 0.2) is 78.9 Å². The van der Waals surface area contributed by atoms with Crippen LogP contribution in [0.25, 0.3) is 11.1 Å². The Kier molecular flexibility index (Phi) is 6.76. The second-order valence-electron chi connectivity index (χ2n) is 6.82. The van der Waals surface area contributed by atoms with Crippen LogP contribution < -0.4 is 10.8 Å². The molecule has 0 saturated heterocycles. The molecule has 5 nitrogen and oxygen atoms in total. The Morgan fingerprint density at radius 3 is 1.93 bits per heavy atom. The zero-order chi connectivity index (χ0) is 20.6. The summed E-state index contributed by atoms with van der Waals surface area (Å²) < 4.78 is 0. The highest BCUT2D eigenvalue weighted by molar-refractivity contribution is 5.95. The average Bonchev–Trinajstić information content (AvgIpc) is 2.79. The number of nitrogens with one attached hydrogen (secondary N) is 2. The minimum atomic E-state index is -0.564. The molecule has 0 radical (unpaired) electrons. The summed E-state index contributed by atoms with van der Waals surface area (Å²) in [5.74, 6) is -0.702. The maximum atomic E-state index is 12.8. The third-order valence-corrected chi connectivity index (χ3v) is 4.81. The summed E-state index contributed by atoms with van der Waals surface area (Å²) in [6.07, 6.45) is 1.68.